The van der Waals surface area contributed by atoms with Crippen molar-refractivity contribution >= 4 is 44.9 Å². The summed E-state index contributed by atoms with van der Waals surface area (Å²) < 4.78 is 1.06. The molecule has 0 aliphatic carbocycles. The SMILES string of the molecule is C=CCN(Cc1ccc(Br)s1)C(=O)c1ccc(CSc2ncn[nH]2)cc1. The second-order valence-corrected chi connectivity index (χ2v) is 8.97. The molecule has 0 aliphatic rings. The predicted octanol–water partition coefficient (Wildman–Crippen LogP) is 4.75. The zero-order chi connectivity index (χ0) is 18.4. The Morgan fingerprint density at radius 2 is 2.12 bits per heavy atom. The summed E-state index contributed by atoms with van der Waals surface area (Å²) in [5.41, 5.74) is 1.80. The Morgan fingerprint density at radius 3 is 2.73 bits per heavy atom. The zero-order valence-corrected chi connectivity index (χ0v) is 17.1. The van der Waals surface area contributed by atoms with Crippen LogP contribution in [0.4, 0.5) is 0 Å². The summed E-state index contributed by atoms with van der Waals surface area (Å²) in [6.45, 7) is 4.85. The van der Waals surface area contributed by atoms with Gasteiger partial charge in [-0.15, -0.1) is 17.9 Å². The highest BCUT2D eigenvalue weighted by molar-refractivity contribution is 9.11. The van der Waals surface area contributed by atoms with E-state index in [0.717, 1.165) is 25.1 Å². The van der Waals surface area contributed by atoms with Gasteiger partial charge in [0.05, 0.1) is 10.3 Å². The molecule has 2 heterocycles. The highest BCUT2D eigenvalue weighted by Gasteiger charge is 2.16. The van der Waals surface area contributed by atoms with Crippen molar-refractivity contribution in [3.63, 3.8) is 0 Å². The van der Waals surface area contributed by atoms with Crippen LogP contribution in [0.5, 0.6) is 0 Å². The Morgan fingerprint density at radius 1 is 1.31 bits per heavy atom. The van der Waals surface area contributed by atoms with Crippen LogP contribution in [0, 0.1) is 0 Å². The van der Waals surface area contributed by atoms with Crippen molar-refractivity contribution in [2.24, 2.45) is 0 Å². The molecule has 134 valence electrons. The fourth-order valence-corrected chi connectivity index (χ4v) is 4.58. The minimum Gasteiger partial charge on any atom is -0.330 e. The Bertz CT molecular complexity index is 862. The largest absolute Gasteiger partial charge is 0.330 e. The fourth-order valence-electron chi connectivity index (χ4n) is 2.34. The molecule has 0 bridgehead atoms. The number of hydrogen-bond acceptors (Lipinski definition) is 5. The molecule has 2 aromatic heterocycles. The molecule has 0 spiro atoms. The topological polar surface area (TPSA) is 61.9 Å². The Hall–Kier alpha value is -1.90. The Balaban J connectivity index is 1.65. The molecule has 0 fully saturated rings. The first-order chi connectivity index (χ1) is 12.7. The molecule has 1 aromatic carbocycles. The standard InChI is InChI=1S/C18H17BrN4OS2/c1-2-9-23(10-15-7-8-16(19)26-15)17(24)14-5-3-13(4-6-14)11-25-18-20-12-21-22-18/h2-8,12H,1,9-11H2,(H,20,21,22). The first-order valence-electron chi connectivity index (χ1n) is 7.87. The average molecular weight is 449 g/mol. The third-order valence-electron chi connectivity index (χ3n) is 3.58. The lowest BCUT2D eigenvalue weighted by Gasteiger charge is -2.20. The number of nitrogens with zero attached hydrogens (tertiary/aromatic N) is 3. The maximum atomic E-state index is 12.8. The van der Waals surface area contributed by atoms with Crippen molar-refractivity contribution in [1.82, 2.24) is 20.1 Å². The van der Waals surface area contributed by atoms with Crippen molar-refractivity contribution in [3.8, 4) is 0 Å². The summed E-state index contributed by atoms with van der Waals surface area (Å²) in [5, 5.41) is 7.43. The Kier molecular flexibility index (Phi) is 6.65. The lowest BCUT2D eigenvalue weighted by molar-refractivity contribution is 0.0764. The monoisotopic (exact) mass is 448 g/mol. The van der Waals surface area contributed by atoms with Crippen LogP contribution >= 0.6 is 39.0 Å². The van der Waals surface area contributed by atoms with Crippen LogP contribution in [0.2, 0.25) is 0 Å². The summed E-state index contributed by atoms with van der Waals surface area (Å²) >= 11 is 6.67. The van der Waals surface area contributed by atoms with E-state index in [1.807, 2.05) is 36.4 Å². The lowest BCUT2D eigenvalue weighted by Crippen LogP contribution is -2.30. The molecule has 0 aliphatic heterocycles. The van der Waals surface area contributed by atoms with Crippen LogP contribution < -0.4 is 0 Å². The molecule has 26 heavy (non-hydrogen) atoms. The van der Waals surface area contributed by atoms with Crippen LogP contribution in [0.25, 0.3) is 0 Å². The van der Waals surface area contributed by atoms with E-state index in [9.17, 15) is 4.79 Å². The summed E-state index contributed by atoms with van der Waals surface area (Å²) in [5.74, 6) is 0.771. The average Bonchev–Trinajstić information content (AvgIpc) is 3.31. The lowest BCUT2D eigenvalue weighted by atomic mass is 10.1. The second kappa shape index (κ2) is 9.16. The summed E-state index contributed by atoms with van der Waals surface area (Å²) in [4.78, 5) is 19.9. The van der Waals surface area contributed by atoms with Crippen molar-refractivity contribution in [2.75, 3.05) is 6.54 Å². The van der Waals surface area contributed by atoms with Gasteiger partial charge in [-0.1, -0.05) is 30.0 Å². The van der Waals surface area contributed by atoms with E-state index in [2.05, 4.69) is 37.7 Å². The minimum atomic E-state index is 0.00357. The molecule has 5 nitrogen and oxygen atoms in total. The van der Waals surface area contributed by atoms with Gasteiger partial charge in [-0.05, 0) is 45.8 Å². The predicted molar refractivity (Wildman–Crippen MR) is 109 cm³/mol. The first kappa shape index (κ1) is 18.9. The molecule has 0 saturated carbocycles. The molecule has 1 N–H and O–H groups in total. The molecule has 8 heteroatoms. The normalized spacial score (nSPS) is 10.7. The quantitative estimate of drug-likeness (QED) is 0.398. The van der Waals surface area contributed by atoms with Crippen molar-refractivity contribution < 1.29 is 4.79 Å². The van der Waals surface area contributed by atoms with Gasteiger partial charge in [-0.25, -0.2) is 4.98 Å². The van der Waals surface area contributed by atoms with Gasteiger partial charge in [0.1, 0.15) is 6.33 Å². The third-order valence-corrected chi connectivity index (χ3v) is 6.14. The smallest absolute Gasteiger partial charge is 0.254 e. The van der Waals surface area contributed by atoms with E-state index in [1.165, 1.54) is 6.33 Å². The molecular weight excluding hydrogens is 432 g/mol. The highest BCUT2D eigenvalue weighted by Crippen LogP contribution is 2.24. The summed E-state index contributed by atoms with van der Waals surface area (Å²) in [7, 11) is 0. The number of hydrogen-bond donors (Lipinski definition) is 1. The number of H-pyrrole nitrogens is 1. The molecule has 0 unspecified atom stereocenters. The van der Waals surface area contributed by atoms with Crippen molar-refractivity contribution in [2.45, 2.75) is 17.5 Å². The number of amides is 1. The first-order valence-corrected chi connectivity index (χ1v) is 10.5. The number of aromatic nitrogens is 3. The molecule has 0 atom stereocenters. The van der Waals surface area contributed by atoms with E-state index in [1.54, 1.807) is 34.1 Å². The van der Waals surface area contributed by atoms with E-state index >= 15 is 0 Å². The third kappa shape index (κ3) is 5.06. The minimum absolute atomic E-state index is 0.00357. The van der Waals surface area contributed by atoms with E-state index in [-0.39, 0.29) is 5.91 Å². The van der Waals surface area contributed by atoms with Gasteiger partial charge >= 0.3 is 0 Å². The summed E-state index contributed by atoms with van der Waals surface area (Å²) in [6.07, 6.45) is 3.24. The number of rotatable bonds is 8. The van der Waals surface area contributed by atoms with Crippen molar-refractivity contribution in [3.05, 3.63) is 75.2 Å². The van der Waals surface area contributed by atoms with Gasteiger partial charge in [-0.3, -0.25) is 9.89 Å². The van der Waals surface area contributed by atoms with Crippen LogP contribution in [0.1, 0.15) is 20.8 Å². The van der Waals surface area contributed by atoms with E-state index in [4.69, 9.17) is 0 Å². The maximum absolute atomic E-state index is 12.8. The number of aromatic amines is 1. The number of carbonyl (C=O) groups is 1. The highest BCUT2D eigenvalue weighted by atomic mass is 79.9. The summed E-state index contributed by atoms with van der Waals surface area (Å²) in [6, 6.07) is 11.7. The number of benzene rings is 1. The molecule has 1 amide bonds. The van der Waals surface area contributed by atoms with Gasteiger partial charge in [0.2, 0.25) is 0 Å². The van der Waals surface area contributed by atoms with Gasteiger partial charge in [0, 0.05) is 22.7 Å². The van der Waals surface area contributed by atoms with E-state index < -0.39 is 0 Å². The van der Waals surface area contributed by atoms with Crippen LogP contribution in [-0.2, 0) is 12.3 Å². The second-order valence-electron chi connectivity index (χ2n) is 5.46. The molecule has 0 radical (unpaired) electrons. The van der Waals surface area contributed by atoms with Crippen LogP contribution in [0.3, 0.4) is 0 Å². The number of nitrogens with one attached hydrogen (secondary N) is 1. The number of thiophene rings is 1. The number of halogens is 1. The van der Waals surface area contributed by atoms with Crippen molar-refractivity contribution in [1.29, 1.82) is 0 Å². The van der Waals surface area contributed by atoms with Gasteiger partial charge in [0.15, 0.2) is 5.16 Å². The Labute approximate surface area is 168 Å². The van der Waals surface area contributed by atoms with Gasteiger partial charge in [-0.2, -0.15) is 5.10 Å². The van der Waals surface area contributed by atoms with Crippen LogP contribution in [-0.4, -0.2) is 32.5 Å². The molecule has 3 aromatic rings. The number of thioether (sulfide) groups is 1. The number of carbonyl (C=O) groups excluding carboxylic acids is 1. The maximum Gasteiger partial charge on any atom is 0.254 e. The molecule has 0 saturated heterocycles. The van der Waals surface area contributed by atoms with Crippen LogP contribution in [0.15, 0.2) is 64.3 Å². The van der Waals surface area contributed by atoms with Gasteiger partial charge in [0.25, 0.3) is 5.91 Å². The molecular formula is C18H17BrN4OS2. The fraction of sp³-hybridized carbons (Fsp3) is 0.167. The molecule has 3 rings (SSSR count). The van der Waals surface area contributed by atoms with E-state index in [0.29, 0.717) is 18.7 Å². The zero-order valence-electron chi connectivity index (χ0n) is 13.9. The van der Waals surface area contributed by atoms with Gasteiger partial charge < -0.3 is 4.90 Å².